The van der Waals surface area contributed by atoms with Crippen molar-refractivity contribution >= 4 is 5.82 Å². The predicted octanol–water partition coefficient (Wildman–Crippen LogP) is 1.83. The van der Waals surface area contributed by atoms with Crippen LogP contribution in [-0.2, 0) is 6.42 Å². The van der Waals surface area contributed by atoms with Gasteiger partial charge in [-0.1, -0.05) is 6.92 Å². The van der Waals surface area contributed by atoms with Gasteiger partial charge in [0.05, 0.1) is 6.20 Å². The van der Waals surface area contributed by atoms with Crippen LogP contribution in [0, 0.1) is 12.7 Å². The summed E-state index contributed by atoms with van der Waals surface area (Å²) in [6.45, 7) is 3.89. The Morgan fingerprint density at radius 3 is 2.67 bits per heavy atom. The summed E-state index contributed by atoms with van der Waals surface area (Å²) in [5.74, 6) is 6.06. The summed E-state index contributed by atoms with van der Waals surface area (Å²) >= 11 is 0. The van der Waals surface area contributed by atoms with Crippen LogP contribution in [0.3, 0.4) is 0 Å². The lowest BCUT2D eigenvalue weighted by Gasteiger charge is -2.10. The average Bonchev–Trinajstić information content (AvgIpc) is 2.38. The molecule has 0 atom stereocenters. The van der Waals surface area contributed by atoms with Crippen LogP contribution in [0.5, 0.6) is 0 Å². The van der Waals surface area contributed by atoms with Crippen molar-refractivity contribution in [2.75, 3.05) is 5.43 Å². The highest BCUT2D eigenvalue weighted by Gasteiger charge is 2.11. The molecule has 2 rings (SSSR count). The first-order valence-electron chi connectivity index (χ1n) is 5.61. The summed E-state index contributed by atoms with van der Waals surface area (Å²) in [7, 11) is 0. The van der Waals surface area contributed by atoms with Crippen molar-refractivity contribution in [2.24, 2.45) is 5.84 Å². The fourth-order valence-electron chi connectivity index (χ4n) is 1.76. The smallest absolute Gasteiger partial charge is 0.180 e. The molecule has 0 aliphatic carbocycles. The highest BCUT2D eigenvalue weighted by molar-refractivity contribution is 5.56. The van der Waals surface area contributed by atoms with E-state index in [-0.39, 0.29) is 0 Å². The summed E-state index contributed by atoms with van der Waals surface area (Å²) in [4.78, 5) is 12.6. The Morgan fingerprint density at radius 1 is 1.33 bits per heavy atom. The molecule has 5 nitrogen and oxygen atoms in total. The second-order valence-corrected chi connectivity index (χ2v) is 3.82. The zero-order chi connectivity index (χ0) is 13.1. The number of rotatable bonds is 3. The van der Waals surface area contributed by atoms with Crippen molar-refractivity contribution in [2.45, 2.75) is 20.3 Å². The quantitative estimate of drug-likeness (QED) is 0.639. The van der Waals surface area contributed by atoms with E-state index in [4.69, 9.17) is 5.84 Å². The van der Waals surface area contributed by atoms with Gasteiger partial charge in [-0.25, -0.2) is 25.2 Å². The van der Waals surface area contributed by atoms with E-state index in [1.54, 1.807) is 0 Å². The third-order valence-corrected chi connectivity index (χ3v) is 2.66. The number of aromatic nitrogens is 3. The van der Waals surface area contributed by atoms with Crippen molar-refractivity contribution in [1.29, 1.82) is 0 Å². The minimum atomic E-state index is -0.391. The number of aryl methyl sites for hydroxylation is 1. The molecule has 0 fully saturated rings. The van der Waals surface area contributed by atoms with E-state index in [2.05, 4.69) is 20.4 Å². The molecule has 0 saturated carbocycles. The first kappa shape index (κ1) is 12.4. The molecule has 0 aromatic carbocycles. The van der Waals surface area contributed by atoms with Gasteiger partial charge in [-0.2, -0.15) is 0 Å². The van der Waals surface area contributed by atoms with Crippen LogP contribution in [0.4, 0.5) is 10.2 Å². The Hall–Kier alpha value is -2.08. The fourth-order valence-corrected chi connectivity index (χ4v) is 1.76. The van der Waals surface area contributed by atoms with Crippen LogP contribution in [0.25, 0.3) is 11.5 Å². The van der Waals surface area contributed by atoms with Gasteiger partial charge in [0.1, 0.15) is 17.3 Å². The molecule has 2 aromatic rings. The van der Waals surface area contributed by atoms with Gasteiger partial charge in [-0.3, -0.25) is 0 Å². The Morgan fingerprint density at radius 2 is 2.11 bits per heavy atom. The molecule has 0 unspecified atom stereocenters. The van der Waals surface area contributed by atoms with Crippen LogP contribution in [0.15, 0.2) is 18.3 Å². The zero-order valence-electron chi connectivity index (χ0n) is 10.2. The molecule has 2 aromatic heterocycles. The van der Waals surface area contributed by atoms with Gasteiger partial charge < -0.3 is 5.43 Å². The molecule has 0 spiro atoms. The zero-order valence-corrected chi connectivity index (χ0v) is 10.2. The Bertz CT molecular complexity index is 553. The van der Waals surface area contributed by atoms with E-state index in [0.29, 0.717) is 17.3 Å². The maximum absolute atomic E-state index is 12.8. The van der Waals surface area contributed by atoms with E-state index in [9.17, 15) is 4.39 Å². The van der Waals surface area contributed by atoms with Crippen LogP contribution in [0.1, 0.15) is 18.2 Å². The molecule has 0 aliphatic rings. The lowest BCUT2D eigenvalue weighted by molar-refractivity contribution is 0.621. The van der Waals surface area contributed by atoms with Crippen molar-refractivity contribution < 1.29 is 4.39 Å². The second kappa shape index (κ2) is 5.05. The van der Waals surface area contributed by atoms with Gasteiger partial charge in [-0.05, 0) is 25.5 Å². The molecule has 0 saturated heterocycles. The Labute approximate surface area is 104 Å². The molecule has 0 radical (unpaired) electrons. The predicted molar refractivity (Wildman–Crippen MR) is 67.1 cm³/mol. The summed E-state index contributed by atoms with van der Waals surface area (Å²) in [6, 6.07) is 2.86. The van der Waals surface area contributed by atoms with Crippen LogP contribution >= 0.6 is 0 Å². The summed E-state index contributed by atoms with van der Waals surface area (Å²) in [5, 5.41) is 0. The number of hydrazine groups is 1. The fraction of sp³-hybridized carbons (Fsp3) is 0.250. The van der Waals surface area contributed by atoms with Crippen LogP contribution in [-0.4, -0.2) is 15.0 Å². The monoisotopic (exact) mass is 247 g/mol. The molecule has 0 amide bonds. The van der Waals surface area contributed by atoms with Gasteiger partial charge in [0.15, 0.2) is 5.82 Å². The van der Waals surface area contributed by atoms with E-state index in [1.807, 2.05) is 13.8 Å². The van der Waals surface area contributed by atoms with Gasteiger partial charge in [0.2, 0.25) is 0 Å². The van der Waals surface area contributed by atoms with E-state index in [0.717, 1.165) is 23.9 Å². The van der Waals surface area contributed by atoms with Crippen molar-refractivity contribution in [3.8, 4) is 11.5 Å². The molecular formula is C12H14FN5. The van der Waals surface area contributed by atoms with Gasteiger partial charge in [0, 0.05) is 11.3 Å². The van der Waals surface area contributed by atoms with Crippen molar-refractivity contribution in [1.82, 2.24) is 15.0 Å². The first-order valence-corrected chi connectivity index (χ1v) is 5.61. The lowest BCUT2D eigenvalue weighted by atomic mass is 10.1. The SMILES string of the molecule is CCc1c(C)nc(-c2ccc(F)cn2)nc1NN. The number of pyridine rings is 1. The largest absolute Gasteiger partial charge is 0.308 e. The molecule has 0 bridgehead atoms. The number of nitrogen functional groups attached to an aromatic ring is 1. The number of hydrogen-bond donors (Lipinski definition) is 2. The molecule has 2 heterocycles. The van der Waals surface area contributed by atoms with Crippen molar-refractivity contribution in [3.05, 3.63) is 35.4 Å². The second-order valence-electron chi connectivity index (χ2n) is 3.82. The molecule has 6 heteroatoms. The van der Waals surface area contributed by atoms with Gasteiger partial charge >= 0.3 is 0 Å². The summed E-state index contributed by atoms with van der Waals surface area (Å²) < 4.78 is 12.8. The molecular weight excluding hydrogens is 233 g/mol. The molecule has 94 valence electrons. The normalized spacial score (nSPS) is 10.4. The lowest BCUT2D eigenvalue weighted by Crippen LogP contribution is -2.13. The highest BCUT2D eigenvalue weighted by atomic mass is 19.1. The Balaban J connectivity index is 2.52. The van der Waals surface area contributed by atoms with Gasteiger partial charge in [-0.15, -0.1) is 0 Å². The number of nitrogens with one attached hydrogen (secondary N) is 1. The topological polar surface area (TPSA) is 76.7 Å². The van der Waals surface area contributed by atoms with Gasteiger partial charge in [0.25, 0.3) is 0 Å². The number of nitrogens with zero attached hydrogens (tertiary/aromatic N) is 3. The number of anilines is 1. The minimum Gasteiger partial charge on any atom is -0.308 e. The minimum absolute atomic E-state index is 0.391. The molecule has 3 N–H and O–H groups in total. The first-order chi connectivity index (χ1) is 8.65. The van der Waals surface area contributed by atoms with E-state index < -0.39 is 5.82 Å². The van der Waals surface area contributed by atoms with Crippen LogP contribution < -0.4 is 11.3 Å². The number of hydrogen-bond acceptors (Lipinski definition) is 5. The third-order valence-electron chi connectivity index (χ3n) is 2.66. The standard InChI is InChI=1S/C12H14FN5/c1-3-9-7(2)16-12(17-11(9)18-14)10-5-4-8(13)6-15-10/h4-6H,3,14H2,1-2H3,(H,16,17,18). The summed E-state index contributed by atoms with van der Waals surface area (Å²) in [5.41, 5.74) is 4.86. The number of halogens is 1. The maximum atomic E-state index is 12.8. The number of nitrogens with two attached hydrogens (primary N) is 1. The molecule has 18 heavy (non-hydrogen) atoms. The Kier molecular flexibility index (Phi) is 3.47. The van der Waals surface area contributed by atoms with Crippen LogP contribution in [0.2, 0.25) is 0 Å². The highest BCUT2D eigenvalue weighted by Crippen LogP contribution is 2.20. The maximum Gasteiger partial charge on any atom is 0.180 e. The average molecular weight is 247 g/mol. The molecule has 0 aliphatic heterocycles. The van der Waals surface area contributed by atoms with E-state index >= 15 is 0 Å². The summed E-state index contributed by atoms with van der Waals surface area (Å²) in [6.07, 6.45) is 1.92. The van der Waals surface area contributed by atoms with Crippen molar-refractivity contribution in [3.63, 3.8) is 0 Å². The third kappa shape index (κ3) is 2.28. The van der Waals surface area contributed by atoms with E-state index in [1.165, 1.54) is 12.1 Å².